The Kier molecular flexibility index (Phi) is 6.62. The van der Waals surface area contributed by atoms with Crippen LogP contribution in [-0.4, -0.2) is 35.2 Å². The van der Waals surface area contributed by atoms with Crippen molar-refractivity contribution in [2.75, 3.05) is 18.5 Å². The number of hydrogen-bond donors (Lipinski definition) is 4. The van der Waals surface area contributed by atoms with E-state index < -0.39 is 0 Å². The van der Waals surface area contributed by atoms with Crippen molar-refractivity contribution < 1.29 is 14.7 Å². The molecule has 0 aliphatic heterocycles. The molecule has 4 N–H and O–H groups in total. The van der Waals surface area contributed by atoms with Gasteiger partial charge in [-0.05, 0) is 42.9 Å². The van der Waals surface area contributed by atoms with Gasteiger partial charge in [0.15, 0.2) is 5.11 Å². The summed E-state index contributed by atoms with van der Waals surface area (Å²) in [5.41, 5.74) is 2.20. The number of benzene rings is 2. The van der Waals surface area contributed by atoms with E-state index in [-0.39, 0.29) is 30.1 Å². The first kappa shape index (κ1) is 18.6. The molecule has 130 valence electrons. The van der Waals surface area contributed by atoms with E-state index in [1.54, 1.807) is 36.4 Å². The van der Waals surface area contributed by atoms with Crippen molar-refractivity contribution in [2.45, 2.75) is 6.92 Å². The minimum Gasteiger partial charge on any atom is -0.395 e. The van der Waals surface area contributed by atoms with Crippen LogP contribution >= 0.6 is 12.2 Å². The first-order valence-corrected chi connectivity index (χ1v) is 8.10. The maximum Gasteiger partial charge on any atom is 0.257 e. The molecule has 0 heterocycles. The van der Waals surface area contributed by atoms with Gasteiger partial charge in [0.1, 0.15) is 0 Å². The molecule has 2 aromatic rings. The largest absolute Gasteiger partial charge is 0.395 e. The van der Waals surface area contributed by atoms with Crippen LogP contribution < -0.4 is 16.0 Å². The summed E-state index contributed by atoms with van der Waals surface area (Å²) in [6.45, 7) is 1.85. The number of aliphatic hydroxyl groups excluding tert-OH is 1. The molecule has 0 aromatic heterocycles. The number of carbonyl (C=O) groups is 2. The van der Waals surface area contributed by atoms with E-state index in [1.807, 2.05) is 19.1 Å². The third-order valence-electron chi connectivity index (χ3n) is 3.43. The quantitative estimate of drug-likeness (QED) is 0.613. The Balaban J connectivity index is 2.07. The summed E-state index contributed by atoms with van der Waals surface area (Å²) in [5.74, 6) is -0.664. The van der Waals surface area contributed by atoms with E-state index in [9.17, 15) is 9.59 Å². The van der Waals surface area contributed by atoms with Crippen molar-refractivity contribution in [3.63, 3.8) is 0 Å². The van der Waals surface area contributed by atoms with E-state index in [2.05, 4.69) is 16.0 Å². The molecular formula is C18H19N3O3S. The van der Waals surface area contributed by atoms with Crippen molar-refractivity contribution in [2.24, 2.45) is 0 Å². The molecule has 6 nitrogen and oxygen atoms in total. The summed E-state index contributed by atoms with van der Waals surface area (Å²) >= 11 is 5.17. The highest BCUT2D eigenvalue weighted by molar-refractivity contribution is 7.80. The molecular weight excluding hydrogens is 338 g/mol. The third kappa shape index (κ3) is 5.10. The summed E-state index contributed by atoms with van der Waals surface area (Å²) in [6, 6.07) is 13.9. The molecule has 2 rings (SSSR count). The molecule has 25 heavy (non-hydrogen) atoms. The summed E-state index contributed by atoms with van der Waals surface area (Å²) in [4.78, 5) is 24.4. The molecule has 0 saturated carbocycles. The maximum atomic E-state index is 12.3. The number of hydrogen-bond acceptors (Lipinski definition) is 4. The fraction of sp³-hybridized carbons (Fsp3) is 0.167. The smallest absolute Gasteiger partial charge is 0.257 e. The molecule has 0 spiro atoms. The number of para-hydroxylation sites is 1. The van der Waals surface area contributed by atoms with Gasteiger partial charge in [-0.3, -0.25) is 14.9 Å². The van der Waals surface area contributed by atoms with E-state index in [0.29, 0.717) is 16.8 Å². The molecule has 0 aliphatic rings. The monoisotopic (exact) mass is 357 g/mol. The second kappa shape index (κ2) is 8.91. The zero-order chi connectivity index (χ0) is 18.2. The van der Waals surface area contributed by atoms with Crippen molar-refractivity contribution in [3.8, 4) is 0 Å². The van der Waals surface area contributed by atoms with Crippen molar-refractivity contribution >= 4 is 34.8 Å². The lowest BCUT2D eigenvalue weighted by molar-refractivity contribution is 0.0944. The third-order valence-corrected chi connectivity index (χ3v) is 3.64. The highest BCUT2D eigenvalue weighted by Crippen LogP contribution is 2.15. The van der Waals surface area contributed by atoms with E-state index in [0.717, 1.165) is 5.56 Å². The molecule has 0 bridgehead atoms. The minimum absolute atomic E-state index is 0.0932. The van der Waals surface area contributed by atoms with Gasteiger partial charge >= 0.3 is 0 Å². The second-order valence-electron chi connectivity index (χ2n) is 5.25. The Labute approximate surface area is 151 Å². The summed E-state index contributed by atoms with van der Waals surface area (Å²) in [5, 5.41) is 16.9. The van der Waals surface area contributed by atoms with Crippen LogP contribution in [0.2, 0.25) is 0 Å². The number of thiocarbonyl (C=S) groups is 1. The standard InChI is InChI=1S/C18H19N3O3S/c1-12-6-2-3-7-13(12)17(24)21-18(25)20-15-9-5-4-8-14(15)16(23)19-10-11-22/h2-9,22H,10-11H2,1H3,(H,19,23)(H2,20,21,24,25). The van der Waals surface area contributed by atoms with Gasteiger partial charge in [-0.15, -0.1) is 0 Å². The summed E-state index contributed by atoms with van der Waals surface area (Å²) in [6.07, 6.45) is 0. The number of carbonyl (C=O) groups excluding carboxylic acids is 2. The topological polar surface area (TPSA) is 90.5 Å². The highest BCUT2D eigenvalue weighted by Gasteiger charge is 2.14. The molecule has 0 atom stereocenters. The van der Waals surface area contributed by atoms with Crippen LogP contribution in [0.5, 0.6) is 0 Å². The van der Waals surface area contributed by atoms with Crippen LogP contribution in [0, 0.1) is 6.92 Å². The lowest BCUT2D eigenvalue weighted by Gasteiger charge is -2.14. The van der Waals surface area contributed by atoms with Crippen LogP contribution in [0.1, 0.15) is 26.3 Å². The van der Waals surface area contributed by atoms with Crippen LogP contribution in [-0.2, 0) is 0 Å². The molecule has 0 fully saturated rings. The molecule has 0 saturated heterocycles. The fourth-order valence-electron chi connectivity index (χ4n) is 2.21. The van der Waals surface area contributed by atoms with Crippen LogP contribution in [0.4, 0.5) is 5.69 Å². The van der Waals surface area contributed by atoms with Crippen LogP contribution in [0.25, 0.3) is 0 Å². The number of aliphatic hydroxyl groups is 1. The Bertz CT molecular complexity index is 793. The maximum absolute atomic E-state index is 12.3. The van der Waals surface area contributed by atoms with Crippen molar-refractivity contribution in [1.82, 2.24) is 10.6 Å². The zero-order valence-electron chi connectivity index (χ0n) is 13.7. The lowest BCUT2D eigenvalue weighted by Crippen LogP contribution is -2.35. The predicted molar refractivity (Wildman–Crippen MR) is 101 cm³/mol. The van der Waals surface area contributed by atoms with E-state index >= 15 is 0 Å². The molecule has 0 aliphatic carbocycles. The zero-order valence-corrected chi connectivity index (χ0v) is 14.5. The number of amides is 2. The van der Waals surface area contributed by atoms with Gasteiger partial charge < -0.3 is 15.7 Å². The lowest BCUT2D eigenvalue weighted by atomic mass is 10.1. The molecule has 0 unspecified atom stereocenters. The SMILES string of the molecule is Cc1ccccc1C(=O)NC(=S)Nc1ccccc1C(=O)NCCO. The first-order valence-electron chi connectivity index (χ1n) is 7.69. The number of rotatable bonds is 5. The van der Waals surface area contributed by atoms with E-state index in [4.69, 9.17) is 17.3 Å². The van der Waals surface area contributed by atoms with Crippen LogP contribution in [0.3, 0.4) is 0 Å². The van der Waals surface area contributed by atoms with Crippen molar-refractivity contribution in [3.05, 3.63) is 65.2 Å². The minimum atomic E-state index is -0.342. The summed E-state index contributed by atoms with van der Waals surface area (Å²) < 4.78 is 0. The average molecular weight is 357 g/mol. The second-order valence-corrected chi connectivity index (χ2v) is 5.66. The predicted octanol–water partition coefficient (Wildman–Crippen LogP) is 1.84. The van der Waals surface area contributed by atoms with Crippen LogP contribution in [0.15, 0.2) is 48.5 Å². The number of aryl methyl sites for hydroxylation is 1. The molecule has 0 radical (unpaired) electrons. The van der Waals surface area contributed by atoms with Gasteiger partial charge in [-0.25, -0.2) is 0 Å². The van der Waals surface area contributed by atoms with Gasteiger partial charge in [-0.2, -0.15) is 0 Å². The number of nitrogens with one attached hydrogen (secondary N) is 3. The Morgan fingerprint density at radius 1 is 1.00 bits per heavy atom. The number of anilines is 1. The Morgan fingerprint density at radius 2 is 1.64 bits per heavy atom. The van der Waals surface area contributed by atoms with Gasteiger partial charge in [0.2, 0.25) is 0 Å². The fourth-order valence-corrected chi connectivity index (χ4v) is 2.41. The van der Waals surface area contributed by atoms with Gasteiger partial charge in [0.25, 0.3) is 11.8 Å². The molecule has 2 aromatic carbocycles. The van der Waals surface area contributed by atoms with Crippen molar-refractivity contribution in [1.29, 1.82) is 0 Å². The van der Waals surface area contributed by atoms with E-state index in [1.165, 1.54) is 0 Å². The highest BCUT2D eigenvalue weighted by atomic mass is 32.1. The molecule has 2 amide bonds. The van der Waals surface area contributed by atoms with Gasteiger partial charge in [0, 0.05) is 12.1 Å². The molecule has 7 heteroatoms. The average Bonchev–Trinajstić information content (AvgIpc) is 2.60. The Hall–Kier alpha value is -2.77. The van der Waals surface area contributed by atoms with Gasteiger partial charge in [0.05, 0.1) is 17.9 Å². The Morgan fingerprint density at radius 3 is 2.32 bits per heavy atom. The normalized spacial score (nSPS) is 10.0. The van der Waals surface area contributed by atoms with Gasteiger partial charge in [-0.1, -0.05) is 30.3 Å². The summed E-state index contributed by atoms with van der Waals surface area (Å²) in [7, 11) is 0. The first-order chi connectivity index (χ1) is 12.0.